The average Bonchev–Trinajstić information content (AvgIpc) is 3.33. The highest BCUT2D eigenvalue weighted by molar-refractivity contribution is 5.83. The van der Waals surface area contributed by atoms with Gasteiger partial charge in [0.1, 0.15) is 0 Å². The van der Waals surface area contributed by atoms with Gasteiger partial charge in [0.05, 0.1) is 30.4 Å². The highest BCUT2D eigenvalue weighted by atomic mass is 16.5. The Kier molecular flexibility index (Phi) is 4.68. The Morgan fingerprint density at radius 2 is 1.87 bits per heavy atom. The number of aryl methyl sites for hydroxylation is 1. The summed E-state index contributed by atoms with van der Waals surface area (Å²) < 4.78 is 7.03. The monoisotopic (exact) mass is 402 g/mol. The number of fused-ring (bicyclic) bond motifs is 1. The second-order valence-electron chi connectivity index (χ2n) is 7.29. The molecule has 152 valence electrons. The Labute approximate surface area is 173 Å². The number of aromatic nitrogens is 4. The summed E-state index contributed by atoms with van der Waals surface area (Å²) in [6.07, 6.45) is 3.58. The summed E-state index contributed by atoms with van der Waals surface area (Å²) in [4.78, 5) is 19.8. The van der Waals surface area contributed by atoms with E-state index in [4.69, 9.17) is 4.74 Å². The van der Waals surface area contributed by atoms with Gasteiger partial charge in [-0.2, -0.15) is 5.10 Å². The molecule has 1 aliphatic heterocycles. The molecule has 0 saturated carbocycles. The van der Waals surface area contributed by atoms with E-state index < -0.39 is 0 Å². The van der Waals surface area contributed by atoms with Gasteiger partial charge in [-0.05, 0) is 42.0 Å². The summed E-state index contributed by atoms with van der Waals surface area (Å²) in [6.45, 7) is 3.28. The van der Waals surface area contributed by atoms with Crippen LogP contribution in [0.5, 0.6) is 0 Å². The third-order valence-electron chi connectivity index (χ3n) is 5.41. The van der Waals surface area contributed by atoms with Gasteiger partial charge in [0.2, 0.25) is 0 Å². The molecule has 30 heavy (non-hydrogen) atoms. The number of benzene rings is 2. The second kappa shape index (κ2) is 7.64. The van der Waals surface area contributed by atoms with Gasteiger partial charge in [-0.3, -0.25) is 9.89 Å². The predicted molar refractivity (Wildman–Crippen MR) is 117 cm³/mol. The Balaban J connectivity index is 1.43. The van der Waals surface area contributed by atoms with Crippen molar-refractivity contribution < 1.29 is 4.74 Å². The van der Waals surface area contributed by atoms with Gasteiger partial charge in [0.15, 0.2) is 5.82 Å². The molecule has 4 aromatic rings. The zero-order valence-corrected chi connectivity index (χ0v) is 16.6. The fourth-order valence-electron chi connectivity index (χ4n) is 3.71. The summed E-state index contributed by atoms with van der Waals surface area (Å²) in [7, 11) is 1.76. The average molecular weight is 402 g/mol. The van der Waals surface area contributed by atoms with Crippen LogP contribution in [-0.4, -0.2) is 46.1 Å². The highest BCUT2D eigenvalue weighted by Crippen LogP contribution is 2.24. The number of nitrogens with one attached hydrogen (secondary N) is 2. The molecule has 2 N–H and O–H groups in total. The van der Waals surface area contributed by atoms with Crippen molar-refractivity contribution in [2.75, 3.05) is 36.5 Å². The predicted octanol–water partition coefficient (Wildman–Crippen LogP) is 2.90. The molecular formula is C22H22N6O2. The van der Waals surface area contributed by atoms with Gasteiger partial charge in [-0.15, -0.1) is 0 Å². The van der Waals surface area contributed by atoms with E-state index in [0.717, 1.165) is 59.8 Å². The minimum absolute atomic E-state index is 0.177. The van der Waals surface area contributed by atoms with E-state index in [1.54, 1.807) is 17.8 Å². The summed E-state index contributed by atoms with van der Waals surface area (Å²) in [6, 6.07) is 13.9. The zero-order chi connectivity index (χ0) is 20.5. The summed E-state index contributed by atoms with van der Waals surface area (Å²) in [5.74, 6) is 0.306. The number of morpholine rings is 1. The molecule has 0 unspecified atom stereocenters. The molecule has 8 nitrogen and oxygen atoms in total. The van der Waals surface area contributed by atoms with E-state index >= 15 is 0 Å². The standard InChI is InChI=1S/C22H22N6O2/c1-27-20-12-15(16-13-23-24-14-16)2-7-19(20)26-21(22(27)29)25-17-3-5-18(6-4-17)28-8-10-30-11-9-28/h2-7,12-14H,8-11H2,1H3,(H,23,24)(H,25,26). The molecule has 0 radical (unpaired) electrons. The van der Waals surface area contributed by atoms with E-state index in [1.165, 1.54) is 0 Å². The largest absolute Gasteiger partial charge is 0.378 e. The van der Waals surface area contributed by atoms with Crippen molar-refractivity contribution >= 4 is 28.2 Å². The van der Waals surface area contributed by atoms with E-state index in [0.29, 0.717) is 5.82 Å². The number of rotatable bonds is 4. The fraction of sp³-hybridized carbons (Fsp3) is 0.227. The van der Waals surface area contributed by atoms with Crippen molar-refractivity contribution in [2.45, 2.75) is 0 Å². The lowest BCUT2D eigenvalue weighted by molar-refractivity contribution is 0.122. The van der Waals surface area contributed by atoms with Gasteiger partial charge in [-0.1, -0.05) is 6.07 Å². The molecule has 8 heteroatoms. The summed E-state index contributed by atoms with van der Waals surface area (Å²) >= 11 is 0. The van der Waals surface area contributed by atoms with Gasteiger partial charge >= 0.3 is 0 Å². The molecule has 1 saturated heterocycles. The Bertz CT molecular complexity index is 1230. The van der Waals surface area contributed by atoms with Gasteiger partial charge in [0.25, 0.3) is 5.56 Å². The molecule has 3 heterocycles. The lowest BCUT2D eigenvalue weighted by atomic mass is 10.1. The molecule has 0 atom stereocenters. The smallest absolute Gasteiger partial charge is 0.293 e. The number of anilines is 3. The van der Waals surface area contributed by atoms with Crippen LogP contribution in [0.25, 0.3) is 22.2 Å². The number of hydrogen-bond donors (Lipinski definition) is 2. The van der Waals surface area contributed by atoms with Crippen molar-refractivity contribution in [1.82, 2.24) is 19.7 Å². The Morgan fingerprint density at radius 1 is 1.07 bits per heavy atom. The molecule has 1 fully saturated rings. The normalized spacial score (nSPS) is 14.2. The van der Waals surface area contributed by atoms with Crippen LogP contribution in [-0.2, 0) is 11.8 Å². The summed E-state index contributed by atoms with van der Waals surface area (Å²) in [5, 5.41) is 9.97. The minimum Gasteiger partial charge on any atom is -0.378 e. The van der Waals surface area contributed by atoms with Crippen LogP contribution in [0.15, 0.2) is 59.7 Å². The van der Waals surface area contributed by atoms with Gasteiger partial charge in [-0.25, -0.2) is 4.98 Å². The Morgan fingerprint density at radius 3 is 2.60 bits per heavy atom. The van der Waals surface area contributed by atoms with Crippen molar-refractivity contribution in [3.05, 3.63) is 65.2 Å². The Hall–Kier alpha value is -3.65. The third kappa shape index (κ3) is 3.42. The minimum atomic E-state index is -0.177. The second-order valence-corrected chi connectivity index (χ2v) is 7.29. The molecule has 5 rings (SSSR count). The molecule has 0 spiro atoms. The molecule has 0 aliphatic carbocycles. The van der Waals surface area contributed by atoms with Crippen LogP contribution < -0.4 is 15.8 Å². The summed E-state index contributed by atoms with van der Waals surface area (Å²) in [5.41, 5.74) is 5.26. The third-order valence-corrected chi connectivity index (χ3v) is 5.41. The number of ether oxygens (including phenoxy) is 1. The first kappa shape index (κ1) is 18.4. The lowest BCUT2D eigenvalue weighted by Gasteiger charge is -2.28. The maximum absolute atomic E-state index is 12.9. The van der Waals surface area contributed by atoms with Crippen molar-refractivity contribution in [3.63, 3.8) is 0 Å². The van der Waals surface area contributed by atoms with Gasteiger partial charge < -0.3 is 19.5 Å². The van der Waals surface area contributed by atoms with Crippen LogP contribution in [0.1, 0.15) is 0 Å². The van der Waals surface area contributed by atoms with Crippen molar-refractivity contribution in [2.24, 2.45) is 7.05 Å². The van der Waals surface area contributed by atoms with Crippen LogP contribution in [0.2, 0.25) is 0 Å². The van der Waals surface area contributed by atoms with Crippen LogP contribution in [0.3, 0.4) is 0 Å². The van der Waals surface area contributed by atoms with Crippen LogP contribution in [0, 0.1) is 0 Å². The maximum Gasteiger partial charge on any atom is 0.293 e. The van der Waals surface area contributed by atoms with E-state index in [9.17, 15) is 4.79 Å². The van der Waals surface area contributed by atoms with E-state index in [2.05, 4.69) is 37.5 Å². The molecule has 2 aromatic carbocycles. The molecular weight excluding hydrogens is 380 g/mol. The molecule has 1 aliphatic rings. The maximum atomic E-state index is 12.9. The zero-order valence-electron chi connectivity index (χ0n) is 16.6. The number of aromatic amines is 1. The first-order valence-corrected chi connectivity index (χ1v) is 9.89. The SMILES string of the molecule is Cn1c(=O)c(Nc2ccc(N3CCOCC3)cc2)nc2ccc(-c3cn[nH]c3)cc21. The van der Waals surface area contributed by atoms with Crippen LogP contribution >= 0.6 is 0 Å². The van der Waals surface area contributed by atoms with Crippen molar-refractivity contribution in [1.29, 1.82) is 0 Å². The highest BCUT2D eigenvalue weighted by Gasteiger charge is 2.13. The number of hydrogen-bond acceptors (Lipinski definition) is 6. The first-order valence-electron chi connectivity index (χ1n) is 9.89. The molecule has 0 bridgehead atoms. The van der Waals surface area contributed by atoms with Crippen molar-refractivity contribution in [3.8, 4) is 11.1 Å². The molecule has 2 aromatic heterocycles. The number of nitrogens with zero attached hydrogens (tertiary/aromatic N) is 4. The van der Waals surface area contributed by atoms with E-state index in [-0.39, 0.29) is 5.56 Å². The molecule has 0 amide bonds. The topological polar surface area (TPSA) is 88.1 Å². The van der Waals surface area contributed by atoms with E-state index in [1.807, 2.05) is 36.5 Å². The first-order chi connectivity index (χ1) is 14.7. The lowest BCUT2D eigenvalue weighted by Crippen LogP contribution is -2.36. The van der Waals surface area contributed by atoms with Gasteiger partial charge in [0, 0.05) is 43.3 Å². The quantitative estimate of drug-likeness (QED) is 0.546. The number of H-pyrrole nitrogens is 1. The fourth-order valence-corrected chi connectivity index (χ4v) is 3.71. The van der Waals surface area contributed by atoms with Crippen LogP contribution in [0.4, 0.5) is 17.2 Å².